The van der Waals surface area contributed by atoms with E-state index >= 15 is 0 Å². The fourth-order valence-corrected chi connectivity index (χ4v) is 8.93. The van der Waals surface area contributed by atoms with Crippen molar-refractivity contribution in [1.82, 2.24) is 8.97 Å². The molecule has 0 N–H and O–H groups in total. The van der Waals surface area contributed by atoms with Crippen LogP contribution in [-0.2, 0) is 0 Å². The number of nitrogens with zero attached hydrogens (tertiary/aromatic N) is 2. The number of rotatable bonds is 3. The smallest absolute Gasteiger partial charge is 0.136 e. The molecule has 0 unspecified atom stereocenters. The lowest BCUT2D eigenvalue weighted by Crippen LogP contribution is -1.93. The molecule has 0 amide bonds. The maximum atomic E-state index is 6.25. The Kier molecular flexibility index (Phi) is 5.23. The molecule has 3 nitrogen and oxygen atoms in total. The number of hydrogen-bond donors (Lipinski definition) is 0. The lowest BCUT2D eigenvalue weighted by atomic mass is 9.95. The van der Waals surface area contributed by atoms with E-state index in [-0.39, 0.29) is 0 Å². The number of benzene rings is 8. The minimum Gasteiger partial charge on any atom is -0.456 e. The summed E-state index contributed by atoms with van der Waals surface area (Å²) in [5.74, 6) is 0. The number of fused-ring (bicyclic) bond motifs is 9. The van der Waals surface area contributed by atoms with Gasteiger partial charge in [0.15, 0.2) is 0 Å². The second-order valence-electron chi connectivity index (χ2n) is 13.7. The molecule has 4 heterocycles. The Balaban J connectivity index is 1.17. The van der Waals surface area contributed by atoms with Crippen LogP contribution in [0.3, 0.4) is 0 Å². The second-order valence-corrected chi connectivity index (χ2v) is 13.7. The van der Waals surface area contributed by atoms with Crippen molar-refractivity contribution in [2.24, 2.45) is 0 Å². The highest BCUT2D eigenvalue weighted by Gasteiger charge is 2.23. The van der Waals surface area contributed by atoms with Crippen LogP contribution in [0.1, 0.15) is 0 Å². The molecule has 0 aliphatic heterocycles. The fraction of sp³-hybridized carbons (Fsp3) is 0. The lowest BCUT2D eigenvalue weighted by Gasteiger charge is -2.09. The van der Waals surface area contributed by atoms with Gasteiger partial charge in [-0.25, -0.2) is 0 Å². The van der Waals surface area contributed by atoms with Crippen molar-refractivity contribution in [1.29, 1.82) is 0 Å². The van der Waals surface area contributed by atoms with E-state index in [0.717, 1.165) is 21.9 Å². The number of hydrogen-bond acceptors (Lipinski definition) is 1. The van der Waals surface area contributed by atoms with E-state index in [2.05, 4.69) is 167 Å². The first kappa shape index (κ1) is 27.0. The van der Waals surface area contributed by atoms with Gasteiger partial charge in [-0.3, -0.25) is 0 Å². The first-order valence-electron chi connectivity index (χ1n) is 17.5. The highest BCUT2D eigenvalue weighted by molar-refractivity contribution is 6.33. The maximum absolute atomic E-state index is 6.25. The Morgan fingerprint density at radius 2 is 1.02 bits per heavy atom. The second kappa shape index (κ2) is 9.87. The summed E-state index contributed by atoms with van der Waals surface area (Å²) >= 11 is 0. The summed E-state index contributed by atoms with van der Waals surface area (Å²) in [6, 6.07) is 61.8. The molecule has 8 aromatic carbocycles. The largest absolute Gasteiger partial charge is 0.456 e. The number of para-hydroxylation sites is 3. The summed E-state index contributed by atoms with van der Waals surface area (Å²) < 4.78 is 11.2. The van der Waals surface area contributed by atoms with Gasteiger partial charge in [0.1, 0.15) is 11.2 Å². The molecule has 0 radical (unpaired) electrons. The quantitative estimate of drug-likeness (QED) is 0.187. The molecule has 12 rings (SSSR count). The van der Waals surface area contributed by atoms with Crippen LogP contribution >= 0.6 is 0 Å². The molecule has 4 aromatic heterocycles. The van der Waals surface area contributed by atoms with E-state index in [1.165, 1.54) is 87.8 Å². The standard InChI is InChI=1S/C48H28N2O/c1-2-13-32(14-3-1)49-40-20-9-18-36-34-15-4-6-19-39(34)50-42-28-30(23-24-35(42)37-25-26-41(49)47(46(36)40)48(37)50)29-11-8-12-31(27-29)33-17-10-22-44-45(33)38-16-5-7-21-43(38)51-44/h1-28H. The highest BCUT2D eigenvalue weighted by atomic mass is 16.3. The van der Waals surface area contributed by atoms with Crippen LogP contribution in [-0.4, -0.2) is 8.97 Å². The minimum atomic E-state index is 0.914. The molecule has 0 aliphatic rings. The summed E-state index contributed by atoms with van der Waals surface area (Å²) in [6.45, 7) is 0. The molecule has 51 heavy (non-hydrogen) atoms. The van der Waals surface area contributed by atoms with Crippen molar-refractivity contribution in [3.63, 3.8) is 0 Å². The van der Waals surface area contributed by atoms with Gasteiger partial charge >= 0.3 is 0 Å². The first-order valence-corrected chi connectivity index (χ1v) is 17.5. The van der Waals surface area contributed by atoms with Gasteiger partial charge in [-0.1, -0.05) is 115 Å². The molecule has 0 fully saturated rings. The van der Waals surface area contributed by atoms with Crippen molar-refractivity contribution < 1.29 is 4.42 Å². The third-order valence-corrected chi connectivity index (χ3v) is 11.0. The minimum absolute atomic E-state index is 0.914. The van der Waals surface area contributed by atoms with Crippen LogP contribution < -0.4 is 0 Å². The predicted octanol–water partition coefficient (Wildman–Crippen LogP) is 13.2. The van der Waals surface area contributed by atoms with Crippen LogP contribution in [0.15, 0.2) is 174 Å². The van der Waals surface area contributed by atoms with Crippen molar-refractivity contribution in [3.05, 3.63) is 170 Å². The van der Waals surface area contributed by atoms with Gasteiger partial charge in [-0.05, 0) is 82.2 Å². The normalized spacial score (nSPS) is 12.3. The SMILES string of the molecule is c1ccc(-n2c3cccc4c5ccccc5n5c6cc(-c7cccc(-c8cccc9oc%10ccccc%10c89)c7)ccc6c6ccc2c(c43)c65)cc1. The van der Waals surface area contributed by atoms with Crippen LogP contribution in [0.2, 0.25) is 0 Å². The Hall–Kier alpha value is -6.84. The molecular formula is C48H28N2O. The zero-order valence-electron chi connectivity index (χ0n) is 27.5. The van der Waals surface area contributed by atoms with E-state index in [9.17, 15) is 0 Å². The lowest BCUT2D eigenvalue weighted by molar-refractivity contribution is 0.669. The summed E-state index contributed by atoms with van der Waals surface area (Å²) in [7, 11) is 0. The Bertz CT molecular complexity index is 3360. The Labute approximate surface area is 292 Å². The zero-order chi connectivity index (χ0) is 33.2. The van der Waals surface area contributed by atoms with Crippen molar-refractivity contribution in [2.45, 2.75) is 0 Å². The molecule has 3 heteroatoms. The molecule has 12 aromatic rings. The fourth-order valence-electron chi connectivity index (χ4n) is 8.93. The third kappa shape index (κ3) is 3.57. The van der Waals surface area contributed by atoms with Crippen LogP contribution in [0.5, 0.6) is 0 Å². The van der Waals surface area contributed by atoms with Gasteiger partial charge in [-0.2, -0.15) is 0 Å². The third-order valence-electron chi connectivity index (χ3n) is 11.0. The van der Waals surface area contributed by atoms with Gasteiger partial charge < -0.3 is 13.4 Å². The summed E-state index contributed by atoms with van der Waals surface area (Å²) in [5, 5.41) is 9.98. The van der Waals surface area contributed by atoms with Crippen LogP contribution in [0.25, 0.3) is 110 Å². The molecule has 0 spiro atoms. The van der Waals surface area contributed by atoms with Crippen molar-refractivity contribution >= 4 is 81.8 Å². The van der Waals surface area contributed by atoms with Crippen molar-refractivity contribution in [2.75, 3.05) is 0 Å². The molecular weight excluding hydrogens is 621 g/mol. The van der Waals surface area contributed by atoms with E-state index in [1.54, 1.807) is 0 Å². The molecule has 0 saturated heterocycles. The zero-order valence-corrected chi connectivity index (χ0v) is 27.5. The molecule has 236 valence electrons. The summed E-state index contributed by atoms with van der Waals surface area (Å²) in [4.78, 5) is 0. The Morgan fingerprint density at radius 3 is 1.96 bits per heavy atom. The average molecular weight is 649 g/mol. The van der Waals surface area contributed by atoms with Gasteiger partial charge in [-0.15, -0.1) is 0 Å². The van der Waals surface area contributed by atoms with E-state index < -0.39 is 0 Å². The molecule has 0 saturated carbocycles. The number of furan rings is 1. The van der Waals surface area contributed by atoms with E-state index in [4.69, 9.17) is 4.42 Å². The number of aromatic nitrogens is 2. The topological polar surface area (TPSA) is 22.5 Å². The van der Waals surface area contributed by atoms with Crippen LogP contribution in [0.4, 0.5) is 0 Å². The summed E-state index contributed by atoms with van der Waals surface area (Å²) in [6.07, 6.45) is 0. The van der Waals surface area contributed by atoms with E-state index in [0.29, 0.717) is 0 Å². The highest BCUT2D eigenvalue weighted by Crippen LogP contribution is 2.46. The van der Waals surface area contributed by atoms with Crippen LogP contribution in [0, 0.1) is 0 Å². The van der Waals surface area contributed by atoms with Gasteiger partial charge in [0.05, 0.1) is 27.6 Å². The summed E-state index contributed by atoms with van der Waals surface area (Å²) in [5.41, 5.74) is 13.9. The molecule has 0 bridgehead atoms. The maximum Gasteiger partial charge on any atom is 0.136 e. The predicted molar refractivity (Wildman–Crippen MR) is 214 cm³/mol. The first-order chi connectivity index (χ1) is 25.3. The monoisotopic (exact) mass is 648 g/mol. The van der Waals surface area contributed by atoms with E-state index in [1.807, 2.05) is 12.1 Å². The van der Waals surface area contributed by atoms with Crippen molar-refractivity contribution in [3.8, 4) is 27.9 Å². The van der Waals surface area contributed by atoms with Gasteiger partial charge in [0, 0.05) is 43.4 Å². The van der Waals surface area contributed by atoms with Gasteiger partial charge in [0.25, 0.3) is 0 Å². The Morgan fingerprint density at radius 1 is 0.353 bits per heavy atom. The average Bonchev–Trinajstić information content (AvgIpc) is 3.82. The molecule has 0 aliphatic carbocycles. The van der Waals surface area contributed by atoms with Gasteiger partial charge in [0.2, 0.25) is 0 Å². The molecule has 0 atom stereocenters.